The first-order chi connectivity index (χ1) is 9.56. The quantitative estimate of drug-likeness (QED) is 0.737. The molecule has 20 heavy (non-hydrogen) atoms. The van der Waals surface area contributed by atoms with Crippen LogP contribution in [0.4, 0.5) is 4.39 Å². The second kappa shape index (κ2) is 6.19. The van der Waals surface area contributed by atoms with Crippen molar-refractivity contribution in [1.82, 2.24) is 0 Å². The largest absolute Gasteiger partial charge is 0.288 e. The minimum Gasteiger partial charge on any atom is -0.288 e. The van der Waals surface area contributed by atoms with Crippen LogP contribution in [-0.4, -0.2) is 5.78 Å². The lowest BCUT2D eigenvalue weighted by molar-refractivity contribution is 0.103. The Morgan fingerprint density at radius 2 is 1.80 bits per heavy atom. The molecule has 2 rings (SSSR count). The molecule has 0 fully saturated rings. The number of ketones is 1. The van der Waals surface area contributed by atoms with Gasteiger partial charge in [0.1, 0.15) is 5.82 Å². The molecule has 0 N–H and O–H groups in total. The van der Waals surface area contributed by atoms with Crippen LogP contribution in [0.5, 0.6) is 0 Å². The van der Waals surface area contributed by atoms with Gasteiger partial charge >= 0.3 is 0 Å². The number of aryl methyl sites for hydroxylation is 2. The maximum atomic E-state index is 13.9. The number of hydrogen-bond acceptors (Lipinski definition) is 1. The van der Waals surface area contributed by atoms with Gasteiger partial charge in [-0.1, -0.05) is 37.6 Å². The van der Waals surface area contributed by atoms with E-state index in [1.807, 2.05) is 32.0 Å². The summed E-state index contributed by atoms with van der Waals surface area (Å²) in [5.41, 5.74) is 2.65. The number of carbonyl (C=O) groups excluding carboxylic acids is 1. The molecule has 0 aromatic heterocycles. The SMILES string of the molecule is CCc1ccc(CC)c(C(=O)c2ccc(Cl)cc2F)c1. The first kappa shape index (κ1) is 14.7. The normalized spacial score (nSPS) is 10.6. The monoisotopic (exact) mass is 290 g/mol. The van der Waals surface area contributed by atoms with Gasteiger partial charge in [0, 0.05) is 10.6 Å². The summed E-state index contributed by atoms with van der Waals surface area (Å²) in [6.07, 6.45) is 1.58. The van der Waals surface area contributed by atoms with E-state index in [-0.39, 0.29) is 16.4 Å². The topological polar surface area (TPSA) is 17.1 Å². The summed E-state index contributed by atoms with van der Waals surface area (Å²) >= 11 is 5.72. The second-order valence-electron chi connectivity index (χ2n) is 4.65. The molecule has 2 aromatic rings. The van der Waals surface area contributed by atoms with E-state index in [1.165, 1.54) is 18.2 Å². The van der Waals surface area contributed by atoms with Crippen LogP contribution in [0.2, 0.25) is 5.02 Å². The highest BCUT2D eigenvalue weighted by Gasteiger charge is 2.17. The average Bonchev–Trinajstić information content (AvgIpc) is 2.46. The van der Waals surface area contributed by atoms with Gasteiger partial charge in [-0.3, -0.25) is 4.79 Å². The van der Waals surface area contributed by atoms with E-state index in [9.17, 15) is 9.18 Å². The van der Waals surface area contributed by atoms with Crippen molar-refractivity contribution < 1.29 is 9.18 Å². The Morgan fingerprint density at radius 1 is 1.05 bits per heavy atom. The Labute approximate surface area is 123 Å². The Balaban J connectivity index is 2.51. The van der Waals surface area contributed by atoms with Gasteiger partial charge in [-0.15, -0.1) is 0 Å². The lowest BCUT2D eigenvalue weighted by Gasteiger charge is -2.10. The molecule has 0 aliphatic rings. The summed E-state index contributed by atoms with van der Waals surface area (Å²) < 4.78 is 13.9. The average molecular weight is 291 g/mol. The van der Waals surface area contributed by atoms with E-state index in [1.54, 1.807) is 0 Å². The van der Waals surface area contributed by atoms with Gasteiger partial charge in [0.2, 0.25) is 0 Å². The summed E-state index contributed by atoms with van der Waals surface area (Å²) in [6.45, 7) is 4.01. The molecule has 0 bridgehead atoms. The molecular weight excluding hydrogens is 275 g/mol. The van der Waals surface area contributed by atoms with Crippen molar-refractivity contribution in [3.05, 3.63) is 69.5 Å². The van der Waals surface area contributed by atoms with E-state index in [4.69, 9.17) is 11.6 Å². The first-order valence-corrected chi connectivity index (χ1v) is 7.06. The Kier molecular flexibility index (Phi) is 4.56. The van der Waals surface area contributed by atoms with Gasteiger partial charge in [-0.2, -0.15) is 0 Å². The molecule has 0 radical (unpaired) electrons. The van der Waals surface area contributed by atoms with Gasteiger partial charge in [-0.05, 0) is 48.2 Å². The van der Waals surface area contributed by atoms with Crippen LogP contribution < -0.4 is 0 Å². The molecular formula is C17H16ClFO. The van der Waals surface area contributed by atoms with E-state index < -0.39 is 5.82 Å². The highest BCUT2D eigenvalue weighted by atomic mass is 35.5. The second-order valence-corrected chi connectivity index (χ2v) is 5.09. The van der Waals surface area contributed by atoms with Crippen molar-refractivity contribution in [3.8, 4) is 0 Å². The fraction of sp³-hybridized carbons (Fsp3) is 0.235. The molecule has 0 heterocycles. The van der Waals surface area contributed by atoms with Crippen molar-refractivity contribution in [2.75, 3.05) is 0 Å². The molecule has 2 aromatic carbocycles. The van der Waals surface area contributed by atoms with Gasteiger partial charge in [-0.25, -0.2) is 4.39 Å². The van der Waals surface area contributed by atoms with Crippen molar-refractivity contribution in [2.45, 2.75) is 26.7 Å². The van der Waals surface area contributed by atoms with Crippen LogP contribution >= 0.6 is 11.6 Å². The fourth-order valence-corrected chi connectivity index (χ4v) is 2.34. The van der Waals surface area contributed by atoms with Crippen LogP contribution in [-0.2, 0) is 12.8 Å². The summed E-state index contributed by atoms with van der Waals surface area (Å²) in [4.78, 5) is 12.5. The summed E-state index contributed by atoms with van der Waals surface area (Å²) in [7, 11) is 0. The minimum atomic E-state index is -0.577. The Hall–Kier alpha value is -1.67. The van der Waals surface area contributed by atoms with E-state index >= 15 is 0 Å². The summed E-state index contributed by atoms with van der Waals surface area (Å²) in [5, 5.41) is 0.289. The highest BCUT2D eigenvalue weighted by molar-refractivity contribution is 6.30. The Bertz CT molecular complexity index is 649. The first-order valence-electron chi connectivity index (χ1n) is 6.68. The number of carbonyl (C=O) groups is 1. The molecule has 0 spiro atoms. The molecule has 0 aliphatic heterocycles. The van der Waals surface area contributed by atoms with Crippen molar-refractivity contribution in [3.63, 3.8) is 0 Å². The Morgan fingerprint density at radius 3 is 2.40 bits per heavy atom. The van der Waals surface area contributed by atoms with E-state index in [0.717, 1.165) is 24.0 Å². The van der Waals surface area contributed by atoms with Gasteiger partial charge in [0.15, 0.2) is 5.78 Å². The molecule has 0 amide bonds. The zero-order valence-electron chi connectivity index (χ0n) is 11.5. The third-order valence-corrected chi connectivity index (χ3v) is 3.62. The molecule has 0 saturated heterocycles. The number of rotatable bonds is 4. The third-order valence-electron chi connectivity index (χ3n) is 3.38. The molecule has 0 unspecified atom stereocenters. The molecule has 3 heteroatoms. The van der Waals surface area contributed by atoms with Crippen molar-refractivity contribution in [1.29, 1.82) is 0 Å². The van der Waals surface area contributed by atoms with Crippen LogP contribution in [0.1, 0.15) is 40.9 Å². The number of hydrogen-bond donors (Lipinski definition) is 0. The molecule has 104 valence electrons. The molecule has 0 saturated carbocycles. The third kappa shape index (κ3) is 2.91. The van der Waals surface area contributed by atoms with Gasteiger partial charge in [0.25, 0.3) is 0 Å². The van der Waals surface area contributed by atoms with E-state index in [0.29, 0.717) is 5.56 Å². The molecule has 0 aliphatic carbocycles. The van der Waals surface area contributed by atoms with Crippen LogP contribution in [0.3, 0.4) is 0 Å². The fourth-order valence-electron chi connectivity index (χ4n) is 2.18. The standard InChI is InChI=1S/C17H16ClFO/c1-3-11-5-6-12(4-2)15(9-11)17(20)14-8-7-13(18)10-16(14)19/h5-10H,3-4H2,1-2H3. The smallest absolute Gasteiger partial charge is 0.196 e. The van der Waals surface area contributed by atoms with Crippen LogP contribution in [0.25, 0.3) is 0 Å². The zero-order chi connectivity index (χ0) is 14.7. The molecule has 0 atom stereocenters. The van der Waals surface area contributed by atoms with Crippen LogP contribution in [0.15, 0.2) is 36.4 Å². The predicted octanol–water partition coefficient (Wildman–Crippen LogP) is 4.83. The van der Waals surface area contributed by atoms with E-state index in [2.05, 4.69) is 0 Å². The van der Waals surface area contributed by atoms with Crippen LogP contribution in [0, 0.1) is 5.82 Å². The lowest BCUT2D eigenvalue weighted by atomic mass is 9.94. The maximum Gasteiger partial charge on any atom is 0.196 e. The summed E-state index contributed by atoms with van der Waals surface area (Å²) in [5.74, 6) is -0.863. The zero-order valence-corrected chi connectivity index (χ0v) is 12.3. The lowest BCUT2D eigenvalue weighted by Crippen LogP contribution is -2.08. The highest BCUT2D eigenvalue weighted by Crippen LogP contribution is 2.21. The van der Waals surface area contributed by atoms with Crippen molar-refractivity contribution in [2.24, 2.45) is 0 Å². The number of benzene rings is 2. The maximum absolute atomic E-state index is 13.9. The molecule has 1 nitrogen and oxygen atoms in total. The van der Waals surface area contributed by atoms with Crippen molar-refractivity contribution >= 4 is 17.4 Å². The van der Waals surface area contributed by atoms with Gasteiger partial charge < -0.3 is 0 Å². The van der Waals surface area contributed by atoms with Gasteiger partial charge in [0.05, 0.1) is 5.56 Å². The minimum absolute atomic E-state index is 0.0670. The number of halogens is 2. The summed E-state index contributed by atoms with van der Waals surface area (Å²) in [6, 6.07) is 9.96. The predicted molar refractivity (Wildman–Crippen MR) is 80.0 cm³/mol.